The van der Waals surface area contributed by atoms with Gasteiger partial charge in [0.1, 0.15) is 5.75 Å². The number of halogens is 2. The molecule has 0 aliphatic rings. The van der Waals surface area contributed by atoms with Gasteiger partial charge in [0.15, 0.2) is 11.6 Å². The molecule has 0 radical (unpaired) electrons. The minimum absolute atomic E-state index is 0.148. The van der Waals surface area contributed by atoms with Crippen LogP contribution in [0, 0.1) is 12.7 Å². The standard InChI is InChI=1S/C13H11BrFNO/c1-8-2-5-12(11(16)6-8)17-13-7-9(14)3-4-10(13)15/h2-7H,16H2,1H3. The molecule has 0 spiro atoms. The van der Waals surface area contributed by atoms with Crippen LogP contribution in [0.4, 0.5) is 10.1 Å². The lowest BCUT2D eigenvalue weighted by atomic mass is 10.2. The molecule has 0 amide bonds. The average Bonchev–Trinajstić information content (AvgIpc) is 2.27. The van der Waals surface area contributed by atoms with E-state index in [0.29, 0.717) is 11.4 Å². The van der Waals surface area contributed by atoms with Gasteiger partial charge < -0.3 is 10.5 Å². The van der Waals surface area contributed by atoms with E-state index >= 15 is 0 Å². The number of hydrogen-bond acceptors (Lipinski definition) is 2. The third kappa shape index (κ3) is 2.77. The van der Waals surface area contributed by atoms with E-state index < -0.39 is 5.82 Å². The van der Waals surface area contributed by atoms with E-state index in [9.17, 15) is 4.39 Å². The molecule has 0 aromatic heterocycles. The Morgan fingerprint density at radius 3 is 2.59 bits per heavy atom. The van der Waals surface area contributed by atoms with Crippen LogP contribution in [0.2, 0.25) is 0 Å². The highest BCUT2D eigenvalue weighted by molar-refractivity contribution is 9.10. The molecule has 0 bridgehead atoms. The maximum Gasteiger partial charge on any atom is 0.165 e. The number of hydrogen-bond donors (Lipinski definition) is 1. The van der Waals surface area contributed by atoms with Crippen molar-refractivity contribution < 1.29 is 9.13 Å². The van der Waals surface area contributed by atoms with Crippen LogP contribution < -0.4 is 10.5 Å². The first-order valence-corrected chi connectivity index (χ1v) is 5.84. The fourth-order valence-corrected chi connectivity index (χ4v) is 1.77. The summed E-state index contributed by atoms with van der Waals surface area (Å²) in [4.78, 5) is 0. The van der Waals surface area contributed by atoms with Crippen molar-refractivity contribution in [1.29, 1.82) is 0 Å². The first-order chi connectivity index (χ1) is 8.06. The second kappa shape index (κ2) is 4.75. The summed E-state index contributed by atoms with van der Waals surface area (Å²) in [7, 11) is 0. The Kier molecular flexibility index (Phi) is 3.33. The highest BCUT2D eigenvalue weighted by atomic mass is 79.9. The van der Waals surface area contributed by atoms with E-state index in [1.54, 1.807) is 24.3 Å². The number of benzene rings is 2. The van der Waals surface area contributed by atoms with Crippen molar-refractivity contribution in [2.24, 2.45) is 0 Å². The van der Waals surface area contributed by atoms with Crippen LogP contribution in [-0.2, 0) is 0 Å². The highest BCUT2D eigenvalue weighted by Gasteiger charge is 2.07. The minimum Gasteiger partial charge on any atom is -0.452 e. The molecule has 0 saturated carbocycles. The molecule has 2 aromatic carbocycles. The SMILES string of the molecule is Cc1ccc(Oc2cc(Br)ccc2F)c(N)c1. The Bertz CT molecular complexity index is 557. The van der Waals surface area contributed by atoms with Gasteiger partial charge >= 0.3 is 0 Å². The Labute approximate surface area is 107 Å². The lowest BCUT2D eigenvalue weighted by molar-refractivity contribution is 0.443. The van der Waals surface area contributed by atoms with Crippen LogP contribution in [0.1, 0.15) is 5.56 Å². The lowest BCUT2D eigenvalue weighted by Crippen LogP contribution is -1.94. The number of nitrogen functional groups attached to an aromatic ring is 1. The van der Waals surface area contributed by atoms with Gasteiger partial charge in [-0.2, -0.15) is 0 Å². The normalized spacial score (nSPS) is 10.3. The fraction of sp³-hybridized carbons (Fsp3) is 0.0769. The summed E-state index contributed by atoms with van der Waals surface area (Å²) in [5.41, 5.74) is 7.32. The zero-order valence-corrected chi connectivity index (χ0v) is 10.8. The molecule has 88 valence electrons. The van der Waals surface area contributed by atoms with E-state index in [4.69, 9.17) is 10.5 Å². The van der Waals surface area contributed by atoms with Crippen molar-refractivity contribution in [2.75, 3.05) is 5.73 Å². The topological polar surface area (TPSA) is 35.2 Å². The Hall–Kier alpha value is -1.55. The van der Waals surface area contributed by atoms with Gasteiger partial charge in [-0.3, -0.25) is 0 Å². The van der Waals surface area contributed by atoms with Crippen LogP contribution in [-0.4, -0.2) is 0 Å². The number of nitrogens with two attached hydrogens (primary N) is 1. The molecule has 0 unspecified atom stereocenters. The van der Waals surface area contributed by atoms with Gasteiger partial charge in [0.2, 0.25) is 0 Å². The maximum atomic E-state index is 13.5. The largest absolute Gasteiger partial charge is 0.452 e. The van der Waals surface area contributed by atoms with Crippen molar-refractivity contribution in [3.8, 4) is 11.5 Å². The number of rotatable bonds is 2. The van der Waals surface area contributed by atoms with Crippen LogP contribution >= 0.6 is 15.9 Å². The van der Waals surface area contributed by atoms with E-state index in [-0.39, 0.29) is 5.75 Å². The Morgan fingerprint density at radius 2 is 1.88 bits per heavy atom. The van der Waals surface area contributed by atoms with Gasteiger partial charge in [-0.1, -0.05) is 22.0 Å². The number of aryl methyl sites for hydroxylation is 1. The molecule has 2 rings (SSSR count). The first-order valence-electron chi connectivity index (χ1n) is 5.05. The predicted molar refractivity (Wildman–Crippen MR) is 69.8 cm³/mol. The van der Waals surface area contributed by atoms with Crippen LogP contribution in [0.3, 0.4) is 0 Å². The first kappa shape index (κ1) is 11.9. The molecule has 2 N–H and O–H groups in total. The van der Waals surface area contributed by atoms with Gasteiger partial charge in [-0.15, -0.1) is 0 Å². The van der Waals surface area contributed by atoms with Gasteiger partial charge in [-0.05, 0) is 42.8 Å². The highest BCUT2D eigenvalue weighted by Crippen LogP contribution is 2.31. The van der Waals surface area contributed by atoms with Crippen molar-refractivity contribution in [2.45, 2.75) is 6.92 Å². The van der Waals surface area contributed by atoms with E-state index in [1.165, 1.54) is 6.07 Å². The molecule has 17 heavy (non-hydrogen) atoms. The molecule has 0 saturated heterocycles. The Balaban J connectivity index is 2.34. The molecule has 2 aromatic rings. The van der Waals surface area contributed by atoms with E-state index in [0.717, 1.165) is 10.0 Å². The minimum atomic E-state index is -0.423. The zero-order valence-electron chi connectivity index (χ0n) is 9.21. The zero-order chi connectivity index (χ0) is 12.4. The van der Waals surface area contributed by atoms with E-state index in [1.807, 2.05) is 13.0 Å². The molecule has 0 aliphatic heterocycles. The smallest absolute Gasteiger partial charge is 0.165 e. The van der Waals surface area contributed by atoms with Crippen LogP contribution in [0.25, 0.3) is 0 Å². The lowest BCUT2D eigenvalue weighted by Gasteiger charge is -2.10. The second-order valence-electron chi connectivity index (χ2n) is 3.72. The van der Waals surface area contributed by atoms with Crippen molar-refractivity contribution in [3.63, 3.8) is 0 Å². The summed E-state index contributed by atoms with van der Waals surface area (Å²) in [5, 5.41) is 0. The second-order valence-corrected chi connectivity index (χ2v) is 4.63. The monoisotopic (exact) mass is 295 g/mol. The van der Waals surface area contributed by atoms with Crippen molar-refractivity contribution >= 4 is 21.6 Å². The average molecular weight is 296 g/mol. The van der Waals surface area contributed by atoms with Crippen LogP contribution in [0.15, 0.2) is 40.9 Å². The summed E-state index contributed by atoms with van der Waals surface area (Å²) in [6.07, 6.45) is 0. The Morgan fingerprint density at radius 1 is 1.12 bits per heavy atom. The summed E-state index contributed by atoms with van der Waals surface area (Å²) >= 11 is 3.26. The summed E-state index contributed by atoms with van der Waals surface area (Å²) < 4.78 is 19.7. The molecular formula is C13H11BrFNO. The molecule has 0 fully saturated rings. The summed E-state index contributed by atoms with van der Waals surface area (Å²) in [6.45, 7) is 1.93. The predicted octanol–water partition coefficient (Wildman–Crippen LogP) is 4.27. The molecule has 4 heteroatoms. The summed E-state index contributed by atoms with van der Waals surface area (Å²) in [5.74, 6) is 0.177. The van der Waals surface area contributed by atoms with Crippen molar-refractivity contribution in [1.82, 2.24) is 0 Å². The van der Waals surface area contributed by atoms with Gasteiger partial charge in [0.25, 0.3) is 0 Å². The quantitative estimate of drug-likeness (QED) is 0.840. The fourth-order valence-electron chi connectivity index (χ4n) is 1.43. The van der Waals surface area contributed by atoms with Gasteiger partial charge in [-0.25, -0.2) is 4.39 Å². The molecule has 2 nitrogen and oxygen atoms in total. The number of anilines is 1. The molecule has 0 atom stereocenters. The third-order valence-electron chi connectivity index (χ3n) is 2.28. The van der Waals surface area contributed by atoms with E-state index in [2.05, 4.69) is 15.9 Å². The van der Waals surface area contributed by atoms with Crippen LogP contribution in [0.5, 0.6) is 11.5 Å². The van der Waals surface area contributed by atoms with Gasteiger partial charge in [0.05, 0.1) is 5.69 Å². The van der Waals surface area contributed by atoms with Crippen molar-refractivity contribution in [3.05, 3.63) is 52.3 Å². The molecule has 0 heterocycles. The summed E-state index contributed by atoms with van der Waals surface area (Å²) in [6, 6.07) is 9.89. The maximum absolute atomic E-state index is 13.5. The van der Waals surface area contributed by atoms with Gasteiger partial charge in [0, 0.05) is 4.47 Å². The molecule has 0 aliphatic carbocycles. The number of ether oxygens (including phenoxy) is 1. The third-order valence-corrected chi connectivity index (χ3v) is 2.77. The molecular weight excluding hydrogens is 285 g/mol.